The largest absolute Gasteiger partial charge is 0.264 e. The summed E-state index contributed by atoms with van der Waals surface area (Å²) in [6.45, 7) is 0. The standard InChI is InChI=1S/C42H27N2PS/c46-45(29-16-6-2-7-17-29,30-18-8-3-9-19-30)38-26-36-39(37-27-43-25-24-33(37)38)40-34-22-12-10-20-31(34)32-21-11-13-23-35(32)42(40)44-41(36)28-14-4-1-5-15-28/h1-27H. The van der Waals surface area contributed by atoms with E-state index in [1.54, 1.807) is 0 Å². The molecular weight excluding hydrogens is 596 g/mol. The fourth-order valence-electron chi connectivity index (χ4n) is 7.15. The van der Waals surface area contributed by atoms with E-state index in [-0.39, 0.29) is 0 Å². The van der Waals surface area contributed by atoms with Crippen molar-refractivity contribution in [1.82, 2.24) is 9.97 Å². The molecule has 0 N–H and O–H groups in total. The molecule has 7 aromatic carbocycles. The van der Waals surface area contributed by atoms with Crippen LogP contribution in [0.25, 0.3) is 65.3 Å². The highest BCUT2D eigenvalue weighted by atomic mass is 32.4. The van der Waals surface area contributed by atoms with Crippen molar-refractivity contribution in [3.05, 3.63) is 164 Å². The predicted molar refractivity (Wildman–Crippen MR) is 201 cm³/mol. The molecule has 0 saturated heterocycles. The molecule has 2 aromatic heterocycles. The van der Waals surface area contributed by atoms with Crippen LogP contribution in [0.3, 0.4) is 0 Å². The minimum absolute atomic E-state index is 0.957. The van der Waals surface area contributed by atoms with Crippen molar-refractivity contribution >= 4 is 87.8 Å². The fraction of sp³-hybridized carbons (Fsp3) is 0. The van der Waals surface area contributed by atoms with Crippen molar-refractivity contribution in [1.29, 1.82) is 0 Å². The van der Waals surface area contributed by atoms with Gasteiger partial charge in [-0.25, -0.2) is 4.98 Å². The topological polar surface area (TPSA) is 25.8 Å². The lowest BCUT2D eigenvalue weighted by Gasteiger charge is -2.27. The molecule has 4 heteroatoms. The number of nitrogens with zero attached hydrogens (tertiary/aromatic N) is 2. The minimum Gasteiger partial charge on any atom is -0.264 e. The first-order chi connectivity index (χ1) is 22.7. The second-order valence-electron chi connectivity index (χ2n) is 11.7. The van der Waals surface area contributed by atoms with Crippen molar-refractivity contribution in [2.75, 3.05) is 0 Å². The third-order valence-electron chi connectivity index (χ3n) is 9.18. The van der Waals surface area contributed by atoms with E-state index in [2.05, 4.69) is 152 Å². The molecule has 216 valence electrons. The highest BCUT2D eigenvalue weighted by Crippen LogP contribution is 2.49. The van der Waals surface area contributed by atoms with Crippen LogP contribution in [-0.4, -0.2) is 9.97 Å². The van der Waals surface area contributed by atoms with E-state index in [0.29, 0.717) is 0 Å². The lowest BCUT2D eigenvalue weighted by Crippen LogP contribution is -2.25. The zero-order valence-corrected chi connectivity index (χ0v) is 26.5. The lowest BCUT2D eigenvalue weighted by molar-refractivity contribution is 1.37. The van der Waals surface area contributed by atoms with Crippen molar-refractivity contribution in [3.63, 3.8) is 0 Å². The molecule has 0 bridgehead atoms. The molecule has 0 atom stereocenters. The summed E-state index contributed by atoms with van der Waals surface area (Å²) in [7, 11) is 0. The highest BCUT2D eigenvalue weighted by molar-refractivity contribution is 8.25. The van der Waals surface area contributed by atoms with Gasteiger partial charge in [0.1, 0.15) is 0 Å². The number of hydrogen-bond donors (Lipinski definition) is 0. The van der Waals surface area contributed by atoms with E-state index in [9.17, 15) is 0 Å². The van der Waals surface area contributed by atoms with E-state index >= 15 is 0 Å². The summed E-state index contributed by atoms with van der Waals surface area (Å²) >= 11 is 6.96. The SMILES string of the molecule is S=P(c1ccccc1)(c1ccccc1)c1cc2c(-c3ccccc3)nc3c4ccccc4c4ccccc4c3c2c2cnccc12. The second kappa shape index (κ2) is 10.7. The van der Waals surface area contributed by atoms with Crippen LogP contribution >= 0.6 is 6.04 Å². The molecule has 0 aliphatic rings. The first-order valence-electron chi connectivity index (χ1n) is 15.4. The van der Waals surface area contributed by atoms with Gasteiger partial charge in [0, 0.05) is 56.2 Å². The molecule has 0 aliphatic carbocycles. The molecule has 2 nitrogen and oxygen atoms in total. The predicted octanol–water partition coefficient (Wildman–Crippen LogP) is 9.67. The van der Waals surface area contributed by atoms with Gasteiger partial charge >= 0.3 is 0 Å². The molecule has 0 aliphatic heterocycles. The van der Waals surface area contributed by atoms with Gasteiger partial charge in [0.05, 0.1) is 11.2 Å². The fourth-order valence-corrected chi connectivity index (χ4v) is 11.2. The van der Waals surface area contributed by atoms with Crippen LogP contribution in [0.1, 0.15) is 0 Å². The molecular formula is C42H27N2PS. The zero-order valence-electron chi connectivity index (χ0n) is 24.8. The van der Waals surface area contributed by atoms with Gasteiger partial charge in [0.15, 0.2) is 0 Å². The molecule has 0 unspecified atom stereocenters. The Hall–Kier alpha value is -5.21. The zero-order chi connectivity index (χ0) is 30.7. The molecule has 0 saturated carbocycles. The highest BCUT2D eigenvalue weighted by Gasteiger charge is 2.29. The first-order valence-corrected chi connectivity index (χ1v) is 18.2. The molecule has 0 radical (unpaired) electrons. The van der Waals surface area contributed by atoms with Gasteiger partial charge in [-0.2, -0.15) is 0 Å². The minimum atomic E-state index is -2.51. The van der Waals surface area contributed by atoms with Gasteiger partial charge in [0.2, 0.25) is 0 Å². The third kappa shape index (κ3) is 3.99. The number of fused-ring (bicyclic) bond motifs is 10. The Morgan fingerprint density at radius 3 is 1.65 bits per heavy atom. The van der Waals surface area contributed by atoms with Gasteiger partial charge in [-0.1, -0.05) is 151 Å². The normalized spacial score (nSPS) is 12.0. The maximum atomic E-state index is 6.96. The third-order valence-corrected chi connectivity index (χ3v) is 14.1. The molecule has 46 heavy (non-hydrogen) atoms. The number of rotatable bonds is 4. The second-order valence-corrected chi connectivity index (χ2v) is 16.0. The molecule has 0 spiro atoms. The van der Waals surface area contributed by atoms with Crippen molar-refractivity contribution < 1.29 is 0 Å². The van der Waals surface area contributed by atoms with E-state index in [1.165, 1.54) is 32.2 Å². The summed E-state index contributed by atoms with van der Waals surface area (Å²) in [6.07, 6.45) is 3.94. The van der Waals surface area contributed by atoms with E-state index in [0.717, 1.165) is 49.0 Å². The maximum Gasteiger partial charge on any atom is 0.0801 e. The van der Waals surface area contributed by atoms with Crippen LogP contribution in [-0.2, 0) is 11.8 Å². The Labute approximate surface area is 272 Å². The van der Waals surface area contributed by atoms with Gasteiger partial charge in [-0.15, -0.1) is 0 Å². The summed E-state index contributed by atoms with van der Waals surface area (Å²) in [5.74, 6) is 0. The van der Waals surface area contributed by atoms with Crippen LogP contribution in [0.2, 0.25) is 0 Å². The monoisotopic (exact) mass is 622 g/mol. The summed E-state index contributed by atoms with van der Waals surface area (Å²) in [4.78, 5) is 10.3. The Kier molecular flexibility index (Phi) is 6.31. The summed E-state index contributed by atoms with van der Waals surface area (Å²) in [6, 6.07) is 51.3. The number of hydrogen-bond acceptors (Lipinski definition) is 3. The molecule has 0 fully saturated rings. The molecule has 9 aromatic rings. The number of aromatic nitrogens is 2. The molecule has 0 amide bonds. The smallest absolute Gasteiger partial charge is 0.0801 e. The summed E-state index contributed by atoms with van der Waals surface area (Å²) in [5.41, 5.74) is 3.04. The summed E-state index contributed by atoms with van der Waals surface area (Å²) in [5, 5.41) is 13.9. The van der Waals surface area contributed by atoms with E-state index in [1.807, 2.05) is 12.4 Å². The average molecular weight is 623 g/mol. The summed E-state index contributed by atoms with van der Waals surface area (Å²) < 4.78 is 0. The van der Waals surface area contributed by atoms with Crippen molar-refractivity contribution in [3.8, 4) is 11.3 Å². The van der Waals surface area contributed by atoms with Crippen LogP contribution < -0.4 is 15.9 Å². The number of pyridine rings is 2. The molecule has 9 rings (SSSR count). The Balaban J connectivity index is 1.57. The van der Waals surface area contributed by atoms with Gasteiger partial charge in [-0.3, -0.25) is 4.98 Å². The molecule has 2 heterocycles. The lowest BCUT2D eigenvalue weighted by atomic mass is 9.90. The van der Waals surface area contributed by atoms with E-state index < -0.39 is 6.04 Å². The van der Waals surface area contributed by atoms with Crippen molar-refractivity contribution in [2.45, 2.75) is 0 Å². The average Bonchev–Trinajstić information content (AvgIpc) is 3.14. The van der Waals surface area contributed by atoms with Gasteiger partial charge in [-0.05, 0) is 44.3 Å². The maximum absolute atomic E-state index is 6.96. The van der Waals surface area contributed by atoms with Gasteiger partial charge < -0.3 is 0 Å². The van der Waals surface area contributed by atoms with Crippen LogP contribution in [0.4, 0.5) is 0 Å². The van der Waals surface area contributed by atoms with Crippen LogP contribution in [0, 0.1) is 0 Å². The Bertz CT molecular complexity index is 2610. The van der Waals surface area contributed by atoms with E-state index in [4.69, 9.17) is 21.8 Å². The quantitative estimate of drug-likeness (QED) is 0.144. The van der Waals surface area contributed by atoms with Crippen molar-refractivity contribution in [2.24, 2.45) is 0 Å². The Morgan fingerprint density at radius 2 is 1.00 bits per heavy atom. The van der Waals surface area contributed by atoms with Crippen LogP contribution in [0.5, 0.6) is 0 Å². The Morgan fingerprint density at radius 1 is 0.457 bits per heavy atom. The van der Waals surface area contributed by atoms with Crippen LogP contribution in [0.15, 0.2) is 164 Å². The van der Waals surface area contributed by atoms with Gasteiger partial charge in [0.25, 0.3) is 0 Å². The first kappa shape index (κ1) is 27.1. The number of benzene rings is 7.